The smallest absolute Gasteiger partial charge is 0.0471 e. The van der Waals surface area contributed by atoms with E-state index >= 15 is 0 Å². The average Bonchev–Trinajstić information content (AvgIpc) is 2.77. The number of nitrogens with zero attached hydrogens (tertiary/aromatic N) is 1. The largest absolute Gasteiger partial charge is 0.354 e. The molecule has 0 aliphatic carbocycles. The third-order valence-electron chi connectivity index (χ3n) is 3.29. The summed E-state index contributed by atoms with van der Waals surface area (Å²) in [5.41, 5.74) is 2.35. The Morgan fingerprint density at radius 1 is 0.824 bits per heavy atom. The lowest BCUT2D eigenvalue weighted by molar-refractivity contribution is 1.37. The van der Waals surface area contributed by atoms with E-state index in [0.29, 0.717) is 0 Å². The molecule has 2 heterocycles. The second-order valence-electron chi connectivity index (χ2n) is 4.26. The van der Waals surface area contributed by atoms with Crippen LogP contribution in [0.25, 0.3) is 32.6 Å². The van der Waals surface area contributed by atoms with Crippen molar-refractivity contribution in [1.82, 2.24) is 9.97 Å². The fourth-order valence-electron chi connectivity index (χ4n) is 2.51. The maximum Gasteiger partial charge on any atom is 0.0471 e. The van der Waals surface area contributed by atoms with Gasteiger partial charge >= 0.3 is 0 Å². The van der Waals surface area contributed by atoms with Gasteiger partial charge < -0.3 is 4.98 Å². The number of hydrogen-bond acceptors (Lipinski definition) is 1. The summed E-state index contributed by atoms with van der Waals surface area (Å²) in [6.45, 7) is 0. The molecule has 0 unspecified atom stereocenters. The minimum atomic E-state index is 1.17. The van der Waals surface area contributed by atoms with Gasteiger partial charge in [-0.2, -0.15) is 0 Å². The van der Waals surface area contributed by atoms with Gasteiger partial charge in [0.1, 0.15) is 0 Å². The third kappa shape index (κ3) is 1.12. The highest BCUT2D eigenvalue weighted by Crippen LogP contribution is 2.31. The van der Waals surface area contributed by atoms with Crippen molar-refractivity contribution in [1.29, 1.82) is 0 Å². The van der Waals surface area contributed by atoms with Crippen LogP contribution in [0.5, 0.6) is 0 Å². The van der Waals surface area contributed by atoms with Gasteiger partial charge in [-0.1, -0.05) is 24.3 Å². The summed E-state index contributed by atoms with van der Waals surface area (Å²) in [6, 6.07) is 14.7. The van der Waals surface area contributed by atoms with Crippen LogP contribution in [0.15, 0.2) is 54.9 Å². The molecule has 2 heteroatoms. The lowest BCUT2D eigenvalue weighted by atomic mass is 10.1. The molecule has 0 saturated carbocycles. The number of benzene rings is 2. The van der Waals surface area contributed by atoms with E-state index in [0.717, 1.165) is 0 Å². The van der Waals surface area contributed by atoms with E-state index < -0.39 is 0 Å². The summed E-state index contributed by atoms with van der Waals surface area (Å²) in [4.78, 5) is 7.68. The second kappa shape index (κ2) is 3.08. The molecule has 4 rings (SSSR count). The summed E-state index contributed by atoms with van der Waals surface area (Å²) >= 11 is 0. The first kappa shape index (κ1) is 8.76. The fraction of sp³-hybridized carbons (Fsp3) is 0. The van der Waals surface area contributed by atoms with Gasteiger partial charge in [-0.05, 0) is 23.6 Å². The number of pyridine rings is 1. The number of nitrogens with one attached hydrogen (secondary N) is 1. The van der Waals surface area contributed by atoms with Gasteiger partial charge in [0.15, 0.2) is 0 Å². The molecule has 0 fully saturated rings. The molecule has 0 spiro atoms. The molecule has 0 amide bonds. The lowest BCUT2D eigenvalue weighted by Gasteiger charge is -1.98. The van der Waals surface area contributed by atoms with Crippen molar-refractivity contribution in [2.75, 3.05) is 0 Å². The van der Waals surface area contributed by atoms with E-state index in [-0.39, 0.29) is 0 Å². The van der Waals surface area contributed by atoms with E-state index in [1.165, 1.54) is 32.6 Å². The van der Waals surface area contributed by atoms with E-state index in [4.69, 9.17) is 0 Å². The molecule has 1 N–H and O–H groups in total. The van der Waals surface area contributed by atoms with Crippen LogP contribution in [-0.2, 0) is 0 Å². The zero-order chi connectivity index (χ0) is 11.2. The minimum absolute atomic E-state index is 1.17. The Labute approximate surface area is 97.9 Å². The third-order valence-corrected chi connectivity index (χ3v) is 3.29. The van der Waals surface area contributed by atoms with Crippen LogP contribution in [0.4, 0.5) is 0 Å². The molecule has 2 aromatic carbocycles. The van der Waals surface area contributed by atoms with E-state index in [1.54, 1.807) is 0 Å². The molecular formula is C15H10N2. The molecule has 0 saturated heterocycles. The second-order valence-corrected chi connectivity index (χ2v) is 4.26. The summed E-state index contributed by atoms with van der Waals surface area (Å²) in [5, 5.41) is 4.98. The molecule has 0 aliphatic rings. The minimum Gasteiger partial charge on any atom is -0.354 e. The number of H-pyrrole nitrogens is 1. The zero-order valence-electron chi connectivity index (χ0n) is 9.14. The molecular weight excluding hydrogens is 208 g/mol. The van der Waals surface area contributed by atoms with Gasteiger partial charge in [-0.3, -0.25) is 4.98 Å². The number of aromatic amines is 1. The molecule has 80 valence electrons. The summed E-state index contributed by atoms with van der Waals surface area (Å²) in [7, 11) is 0. The van der Waals surface area contributed by atoms with Gasteiger partial charge in [0.2, 0.25) is 0 Å². The highest BCUT2D eigenvalue weighted by molar-refractivity contribution is 6.19. The van der Waals surface area contributed by atoms with Crippen molar-refractivity contribution in [3.63, 3.8) is 0 Å². The van der Waals surface area contributed by atoms with Gasteiger partial charge in [0.25, 0.3) is 0 Å². The SMILES string of the molecule is c1ccc2c(c1)[nH]c1ccc3ccncc3c12. The van der Waals surface area contributed by atoms with Crippen molar-refractivity contribution >= 4 is 32.6 Å². The van der Waals surface area contributed by atoms with Gasteiger partial charge in [-0.25, -0.2) is 0 Å². The molecule has 4 aromatic rings. The normalized spacial score (nSPS) is 11.5. The Balaban J connectivity index is 2.38. The Hall–Kier alpha value is -2.35. The quantitative estimate of drug-likeness (QED) is 0.477. The molecule has 0 atom stereocenters. The van der Waals surface area contributed by atoms with Crippen LogP contribution in [0.3, 0.4) is 0 Å². The van der Waals surface area contributed by atoms with E-state index in [1.807, 2.05) is 12.4 Å². The predicted molar refractivity (Wildman–Crippen MR) is 71.1 cm³/mol. The van der Waals surface area contributed by atoms with E-state index in [2.05, 4.69) is 52.4 Å². The number of hydrogen-bond donors (Lipinski definition) is 1. The first-order valence-electron chi connectivity index (χ1n) is 5.67. The number of rotatable bonds is 0. The lowest BCUT2D eigenvalue weighted by Crippen LogP contribution is -1.76. The molecule has 0 aliphatic heterocycles. The summed E-state index contributed by atoms with van der Waals surface area (Å²) in [6.07, 6.45) is 3.78. The van der Waals surface area contributed by atoms with Crippen LogP contribution in [0, 0.1) is 0 Å². The molecule has 2 aromatic heterocycles. The average molecular weight is 218 g/mol. The van der Waals surface area contributed by atoms with Crippen LogP contribution in [0.1, 0.15) is 0 Å². The first-order valence-corrected chi connectivity index (χ1v) is 5.67. The maximum absolute atomic E-state index is 4.24. The zero-order valence-corrected chi connectivity index (χ0v) is 9.14. The Kier molecular flexibility index (Phi) is 1.59. The highest BCUT2D eigenvalue weighted by atomic mass is 14.7. The maximum atomic E-state index is 4.24. The topological polar surface area (TPSA) is 28.7 Å². The Bertz CT molecular complexity index is 837. The monoisotopic (exact) mass is 218 g/mol. The van der Waals surface area contributed by atoms with Crippen molar-refractivity contribution < 1.29 is 0 Å². The van der Waals surface area contributed by atoms with Crippen LogP contribution in [-0.4, -0.2) is 9.97 Å². The predicted octanol–water partition coefficient (Wildman–Crippen LogP) is 3.87. The fourth-order valence-corrected chi connectivity index (χ4v) is 2.51. The summed E-state index contributed by atoms with van der Waals surface area (Å²) in [5.74, 6) is 0. The van der Waals surface area contributed by atoms with Crippen molar-refractivity contribution in [3.05, 3.63) is 54.9 Å². The number of aromatic nitrogens is 2. The van der Waals surface area contributed by atoms with E-state index in [9.17, 15) is 0 Å². The molecule has 2 nitrogen and oxygen atoms in total. The van der Waals surface area contributed by atoms with Crippen LogP contribution >= 0.6 is 0 Å². The number of para-hydroxylation sites is 1. The standard InChI is InChI=1S/C15H10N2/c1-2-4-13-11(3-1)15-12-9-16-8-7-10(12)5-6-14(15)17-13/h1-9,17H. The molecule has 0 radical (unpaired) electrons. The Morgan fingerprint density at radius 3 is 2.76 bits per heavy atom. The molecule has 17 heavy (non-hydrogen) atoms. The van der Waals surface area contributed by atoms with Crippen molar-refractivity contribution in [3.8, 4) is 0 Å². The number of fused-ring (bicyclic) bond motifs is 5. The Morgan fingerprint density at radius 2 is 1.76 bits per heavy atom. The molecule has 0 bridgehead atoms. The van der Waals surface area contributed by atoms with Gasteiger partial charge in [0.05, 0.1) is 0 Å². The highest BCUT2D eigenvalue weighted by Gasteiger charge is 2.06. The van der Waals surface area contributed by atoms with Crippen molar-refractivity contribution in [2.24, 2.45) is 0 Å². The van der Waals surface area contributed by atoms with Gasteiger partial charge in [0, 0.05) is 39.6 Å². The van der Waals surface area contributed by atoms with Crippen molar-refractivity contribution in [2.45, 2.75) is 0 Å². The van der Waals surface area contributed by atoms with Crippen LogP contribution < -0.4 is 0 Å². The van der Waals surface area contributed by atoms with Crippen LogP contribution in [0.2, 0.25) is 0 Å². The van der Waals surface area contributed by atoms with Gasteiger partial charge in [-0.15, -0.1) is 0 Å². The first-order chi connectivity index (χ1) is 8.43. The summed E-state index contributed by atoms with van der Waals surface area (Å²) < 4.78 is 0.